The minimum atomic E-state index is -2.71. The molecule has 0 radical (unpaired) electrons. The summed E-state index contributed by atoms with van der Waals surface area (Å²) < 4.78 is 15.9. The second kappa shape index (κ2) is 11.8. The molecule has 0 aromatic heterocycles. The van der Waals surface area contributed by atoms with Gasteiger partial charge < -0.3 is 65.7 Å². The summed E-state index contributed by atoms with van der Waals surface area (Å²) in [7, 11) is 0. The predicted octanol–water partition coefficient (Wildman–Crippen LogP) is -5.90. The lowest BCUT2D eigenvalue weighted by atomic mass is 9.88. The Morgan fingerprint density at radius 1 is 1.03 bits per heavy atom. The molecular formula is C19H32N2O14. The third-order valence-corrected chi connectivity index (χ3v) is 5.76. The van der Waals surface area contributed by atoms with E-state index in [0.29, 0.717) is 0 Å². The third kappa shape index (κ3) is 6.62. The first-order valence-electron chi connectivity index (χ1n) is 10.7. The number of aliphatic carboxylic acids is 1. The van der Waals surface area contributed by atoms with Gasteiger partial charge in [0.1, 0.15) is 42.7 Å². The average Bonchev–Trinajstić information content (AvgIpc) is 2.78. The molecule has 2 aliphatic rings. The number of hydrogen-bond acceptors (Lipinski definition) is 13. The summed E-state index contributed by atoms with van der Waals surface area (Å²) in [5.74, 6) is -5.80. The van der Waals surface area contributed by atoms with Crippen molar-refractivity contribution in [3.63, 3.8) is 0 Å². The molecule has 16 nitrogen and oxygen atoms in total. The number of rotatable bonds is 9. The van der Waals surface area contributed by atoms with Crippen LogP contribution < -0.4 is 10.6 Å². The van der Waals surface area contributed by atoms with Crippen LogP contribution in [0.25, 0.3) is 0 Å². The van der Waals surface area contributed by atoms with E-state index in [1.165, 1.54) is 0 Å². The number of carboxylic acid groups (broad SMARTS) is 1. The minimum Gasteiger partial charge on any atom is -0.477 e. The molecule has 0 aromatic carbocycles. The van der Waals surface area contributed by atoms with Crippen LogP contribution in [0.1, 0.15) is 20.3 Å². The summed E-state index contributed by atoms with van der Waals surface area (Å²) in [5, 5.41) is 84.9. The van der Waals surface area contributed by atoms with Crippen molar-refractivity contribution >= 4 is 17.8 Å². The molecule has 3 unspecified atom stereocenters. The normalized spacial score (nSPS) is 39.3. The number of aliphatic hydroxyl groups excluding tert-OH is 7. The highest BCUT2D eigenvalue weighted by molar-refractivity contribution is 5.76. The van der Waals surface area contributed by atoms with Gasteiger partial charge in [-0.1, -0.05) is 0 Å². The van der Waals surface area contributed by atoms with Gasteiger partial charge in [0.2, 0.25) is 11.8 Å². The number of aliphatic hydroxyl groups is 7. The van der Waals surface area contributed by atoms with Crippen LogP contribution in [0, 0.1) is 0 Å². The number of ether oxygens (including phenoxy) is 3. The highest BCUT2D eigenvalue weighted by Gasteiger charge is 2.56. The lowest BCUT2D eigenvalue weighted by Gasteiger charge is -2.47. The van der Waals surface area contributed by atoms with Crippen LogP contribution in [0.5, 0.6) is 0 Å². The lowest BCUT2D eigenvalue weighted by Crippen LogP contribution is -2.68. The molecule has 2 saturated heterocycles. The van der Waals surface area contributed by atoms with Gasteiger partial charge in [-0.15, -0.1) is 0 Å². The number of carbonyl (C=O) groups is 3. The van der Waals surface area contributed by atoms with Crippen molar-refractivity contribution in [1.29, 1.82) is 0 Å². The second-order valence-electron chi connectivity index (χ2n) is 8.46. The second-order valence-corrected chi connectivity index (χ2v) is 8.46. The number of amides is 2. The molecule has 11 atom stereocenters. The van der Waals surface area contributed by atoms with Crippen LogP contribution in [-0.4, -0.2) is 139 Å². The zero-order valence-electron chi connectivity index (χ0n) is 18.9. The van der Waals surface area contributed by atoms with E-state index in [4.69, 9.17) is 19.3 Å². The number of carbonyl (C=O) groups excluding carboxylic acids is 2. The highest BCUT2D eigenvalue weighted by atomic mass is 16.7. The predicted molar refractivity (Wildman–Crippen MR) is 109 cm³/mol. The molecule has 2 rings (SSSR count). The van der Waals surface area contributed by atoms with Gasteiger partial charge in [0.05, 0.1) is 25.4 Å². The fourth-order valence-electron chi connectivity index (χ4n) is 3.97. The molecule has 0 spiro atoms. The molecule has 0 aliphatic carbocycles. The van der Waals surface area contributed by atoms with Crippen molar-refractivity contribution in [2.24, 2.45) is 0 Å². The van der Waals surface area contributed by atoms with Crippen molar-refractivity contribution < 1.29 is 69.4 Å². The fourth-order valence-corrected chi connectivity index (χ4v) is 3.97. The van der Waals surface area contributed by atoms with E-state index in [1.807, 2.05) is 0 Å². The van der Waals surface area contributed by atoms with Crippen molar-refractivity contribution in [1.82, 2.24) is 10.6 Å². The zero-order chi connectivity index (χ0) is 26.7. The Morgan fingerprint density at radius 3 is 2.11 bits per heavy atom. The Kier molecular flexibility index (Phi) is 9.88. The maximum absolute atomic E-state index is 12.1. The highest BCUT2D eigenvalue weighted by Crippen LogP contribution is 2.34. The Labute approximate surface area is 199 Å². The van der Waals surface area contributed by atoms with Gasteiger partial charge in [0, 0.05) is 20.3 Å². The van der Waals surface area contributed by atoms with Crippen molar-refractivity contribution in [2.45, 2.75) is 87.2 Å². The molecule has 10 N–H and O–H groups in total. The number of nitrogens with one attached hydrogen (secondary N) is 2. The molecular weight excluding hydrogens is 480 g/mol. The van der Waals surface area contributed by atoms with E-state index in [9.17, 15) is 50.1 Å². The van der Waals surface area contributed by atoms with E-state index in [0.717, 1.165) is 13.8 Å². The Bertz CT molecular complexity index is 770. The van der Waals surface area contributed by atoms with Crippen molar-refractivity contribution in [3.05, 3.63) is 0 Å². The molecule has 35 heavy (non-hydrogen) atoms. The van der Waals surface area contributed by atoms with Gasteiger partial charge in [-0.3, -0.25) is 9.59 Å². The largest absolute Gasteiger partial charge is 0.477 e. The topological polar surface area (TPSA) is 265 Å². The molecule has 0 aromatic rings. The first kappa shape index (κ1) is 29.2. The fraction of sp³-hybridized carbons (Fsp3) is 0.842. The Balaban J connectivity index is 2.25. The monoisotopic (exact) mass is 512 g/mol. The molecule has 2 aliphatic heterocycles. The molecule has 202 valence electrons. The Hall–Kier alpha value is -1.99. The number of hydrogen-bond donors (Lipinski definition) is 10. The number of carboxylic acids is 1. The van der Waals surface area contributed by atoms with Gasteiger partial charge in [-0.05, 0) is 0 Å². The first-order valence-corrected chi connectivity index (χ1v) is 10.7. The summed E-state index contributed by atoms with van der Waals surface area (Å²) in [6, 6.07) is -2.80. The standard InChI is InChI=1S/C19H32N2O14/c1-6(23)20-11-8(25)3-19(18(31)32,35-16(11)13(27)9(26)4-22)33-5-10-14(28)15(29)12(17(30)34-10)21-7(2)24/h8-17,22,25-30H,3-5H2,1-2H3,(H,20,23)(H,21,24)(H,31,32)/t8-,9-,10?,11-,12?,13-,14+,15-,16?,17+,19+/m1/s1. The van der Waals surface area contributed by atoms with Crippen molar-refractivity contribution in [2.75, 3.05) is 13.2 Å². The quantitative estimate of drug-likeness (QED) is 0.138. The first-order chi connectivity index (χ1) is 16.2. The van der Waals surface area contributed by atoms with Crippen LogP contribution in [-0.2, 0) is 28.6 Å². The molecule has 2 fully saturated rings. The maximum Gasteiger partial charge on any atom is 0.364 e. The van der Waals surface area contributed by atoms with E-state index < -0.39 is 104 Å². The maximum atomic E-state index is 12.1. The molecule has 2 amide bonds. The smallest absolute Gasteiger partial charge is 0.364 e. The summed E-state index contributed by atoms with van der Waals surface area (Å²) in [4.78, 5) is 34.9. The molecule has 0 bridgehead atoms. The van der Waals surface area contributed by atoms with Crippen LogP contribution in [0.4, 0.5) is 0 Å². The SMILES string of the molecule is CC(=O)NC1[C@@H](O)[C@@H](O)C(CO[C@@]2(C(=O)O)C[C@@H](O)[C@@H](NC(C)=O)C([C@H](O)[C@H](O)CO)O2)O[C@@H]1O. The summed E-state index contributed by atoms with van der Waals surface area (Å²) >= 11 is 0. The minimum absolute atomic E-state index is 0.628. The van der Waals surface area contributed by atoms with Gasteiger partial charge in [-0.2, -0.15) is 0 Å². The molecule has 16 heteroatoms. The van der Waals surface area contributed by atoms with Crippen LogP contribution >= 0.6 is 0 Å². The van der Waals surface area contributed by atoms with Gasteiger partial charge in [0.25, 0.3) is 5.79 Å². The summed E-state index contributed by atoms with van der Waals surface area (Å²) in [6.07, 6.45) is -14.9. The average molecular weight is 512 g/mol. The summed E-state index contributed by atoms with van der Waals surface area (Å²) in [6.45, 7) is 0.409. The lowest BCUT2D eigenvalue weighted by molar-refractivity contribution is -0.328. The summed E-state index contributed by atoms with van der Waals surface area (Å²) in [5.41, 5.74) is 0. The third-order valence-electron chi connectivity index (χ3n) is 5.76. The van der Waals surface area contributed by atoms with Crippen molar-refractivity contribution in [3.8, 4) is 0 Å². The van der Waals surface area contributed by atoms with E-state index in [1.54, 1.807) is 0 Å². The van der Waals surface area contributed by atoms with E-state index in [-0.39, 0.29) is 0 Å². The molecule has 2 heterocycles. The van der Waals surface area contributed by atoms with Gasteiger partial charge in [-0.25, -0.2) is 4.79 Å². The van der Waals surface area contributed by atoms with Gasteiger partial charge in [0.15, 0.2) is 6.29 Å². The Morgan fingerprint density at radius 2 is 1.60 bits per heavy atom. The van der Waals surface area contributed by atoms with E-state index in [2.05, 4.69) is 10.6 Å². The zero-order valence-corrected chi connectivity index (χ0v) is 18.9. The van der Waals surface area contributed by atoms with Crippen LogP contribution in [0.2, 0.25) is 0 Å². The van der Waals surface area contributed by atoms with Crippen LogP contribution in [0.15, 0.2) is 0 Å². The van der Waals surface area contributed by atoms with Gasteiger partial charge >= 0.3 is 5.97 Å². The van der Waals surface area contributed by atoms with Crippen LogP contribution in [0.3, 0.4) is 0 Å². The van der Waals surface area contributed by atoms with E-state index >= 15 is 0 Å². The molecule has 0 saturated carbocycles.